The summed E-state index contributed by atoms with van der Waals surface area (Å²) in [5, 5.41) is 0. The van der Waals surface area contributed by atoms with Crippen molar-refractivity contribution in [3.8, 4) is 0 Å². The minimum absolute atomic E-state index is 0.0916. The maximum Gasteiger partial charge on any atom is 0.270 e. The average Bonchev–Trinajstić information content (AvgIpc) is 2.78. The molecular formula is C25H30N4O3. The van der Waals surface area contributed by atoms with E-state index >= 15 is 0 Å². The van der Waals surface area contributed by atoms with Crippen LogP contribution in [0.2, 0.25) is 0 Å². The lowest BCUT2D eigenvalue weighted by Crippen LogP contribution is -2.58. The summed E-state index contributed by atoms with van der Waals surface area (Å²) in [6.07, 6.45) is 10.3. The Balaban J connectivity index is 1.16. The summed E-state index contributed by atoms with van der Waals surface area (Å²) >= 11 is 0. The molecular weight excluding hydrogens is 404 g/mol. The van der Waals surface area contributed by atoms with E-state index < -0.39 is 0 Å². The lowest BCUT2D eigenvalue weighted by Gasteiger charge is -2.57. The Morgan fingerprint density at radius 3 is 2.16 bits per heavy atom. The van der Waals surface area contributed by atoms with Gasteiger partial charge >= 0.3 is 0 Å². The fourth-order valence-corrected chi connectivity index (χ4v) is 7.32. The van der Waals surface area contributed by atoms with E-state index in [0.29, 0.717) is 37.7 Å². The van der Waals surface area contributed by atoms with Crippen molar-refractivity contribution in [2.75, 3.05) is 26.2 Å². The van der Waals surface area contributed by atoms with E-state index in [2.05, 4.69) is 4.98 Å². The highest BCUT2D eigenvalue weighted by Crippen LogP contribution is 2.60. The van der Waals surface area contributed by atoms with Crippen LogP contribution in [0.3, 0.4) is 0 Å². The molecule has 1 saturated heterocycles. The molecule has 0 radical (unpaired) electrons. The van der Waals surface area contributed by atoms with E-state index in [1.165, 1.54) is 29.9 Å². The second kappa shape index (κ2) is 7.15. The molecule has 0 spiro atoms. The number of fused-ring (bicyclic) bond motifs is 1. The second-order valence-corrected chi connectivity index (χ2v) is 10.7. The van der Waals surface area contributed by atoms with Gasteiger partial charge in [-0.25, -0.2) is 4.98 Å². The van der Waals surface area contributed by atoms with Crippen LogP contribution in [0.5, 0.6) is 0 Å². The third kappa shape index (κ3) is 3.08. The zero-order chi connectivity index (χ0) is 22.0. The molecule has 0 atom stereocenters. The number of amides is 2. The highest BCUT2D eigenvalue weighted by Gasteiger charge is 2.55. The molecule has 0 N–H and O–H groups in total. The van der Waals surface area contributed by atoms with Crippen molar-refractivity contribution in [2.45, 2.75) is 45.4 Å². The Morgan fingerprint density at radius 1 is 0.938 bits per heavy atom. The molecule has 1 aliphatic heterocycles. The number of carbonyl (C=O) groups excluding carboxylic acids is 2. The van der Waals surface area contributed by atoms with Gasteiger partial charge in [0.05, 0.1) is 5.41 Å². The van der Waals surface area contributed by atoms with Gasteiger partial charge in [-0.15, -0.1) is 0 Å². The molecule has 7 nitrogen and oxygen atoms in total. The van der Waals surface area contributed by atoms with Crippen molar-refractivity contribution in [2.24, 2.45) is 23.2 Å². The van der Waals surface area contributed by atoms with Crippen LogP contribution in [0.15, 0.2) is 29.3 Å². The summed E-state index contributed by atoms with van der Waals surface area (Å²) < 4.78 is 1.44. The Morgan fingerprint density at radius 2 is 1.53 bits per heavy atom. The molecule has 7 heteroatoms. The van der Waals surface area contributed by atoms with Crippen LogP contribution in [0.4, 0.5) is 0 Å². The standard InChI is InChI=1S/C25H30N4O3/c1-16-2-3-21-26-14-20(23(31)29(21)15-16)22(30)27-4-6-28(7-5-27)24(32)25-11-17-8-18(12-25)10-19(9-17)13-25/h2-3,14-15,17-19H,4-13H2,1H3. The van der Waals surface area contributed by atoms with Crippen LogP contribution >= 0.6 is 0 Å². The van der Waals surface area contributed by atoms with Crippen LogP contribution in [-0.4, -0.2) is 57.2 Å². The van der Waals surface area contributed by atoms with Gasteiger partial charge in [0.1, 0.15) is 11.2 Å². The van der Waals surface area contributed by atoms with Crippen molar-refractivity contribution in [3.05, 3.63) is 46.0 Å². The Labute approximate surface area is 187 Å². The molecule has 7 rings (SSSR count). The number of carbonyl (C=O) groups is 2. The predicted molar refractivity (Wildman–Crippen MR) is 119 cm³/mol. The molecule has 2 aromatic rings. The largest absolute Gasteiger partial charge is 0.339 e. The van der Waals surface area contributed by atoms with Crippen molar-refractivity contribution >= 4 is 17.5 Å². The van der Waals surface area contributed by atoms with Gasteiger partial charge in [0.15, 0.2) is 0 Å². The van der Waals surface area contributed by atoms with Crippen molar-refractivity contribution in [3.63, 3.8) is 0 Å². The van der Waals surface area contributed by atoms with Crippen molar-refractivity contribution in [1.82, 2.24) is 19.2 Å². The zero-order valence-corrected chi connectivity index (χ0v) is 18.6. The summed E-state index contributed by atoms with van der Waals surface area (Å²) in [6.45, 7) is 3.93. The number of hydrogen-bond donors (Lipinski definition) is 0. The van der Waals surface area contributed by atoms with Crippen LogP contribution in [-0.2, 0) is 4.79 Å². The number of rotatable bonds is 2. The van der Waals surface area contributed by atoms with Crippen molar-refractivity contribution < 1.29 is 9.59 Å². The van der Waals surface area contributed by atoms with E-state index in [1.807, 2.05) is 17.9 Å². The predicted octanol–water partition coefficient (Wildman–Crippen LogP) is 2.50. The summed E-state index contributed by atoms with van der Waals surface area (Å²) in [6, 6.07) is 3.67. The zero-order valence-electron chi connectivity index (χ0n) is 18.6. The lowest BCUT2D eigenvalue weighted by molar-refractivity contribution is -0.159. The van der Waals surface area contributed by atoms with Gasteiger partial charge in [0.25, 0.3) is 11.5 Å². The minimum atomic E-state index is -0.337. The van der Waals surface area contributed by atoms with Crippen LogP contribution in [0.1, 0.15) is 54.4 Å². The number of aryl methyl sites for hydroxylation is 1. The Hall–Kier alpha value is -2.70. The smallest absolute Gasteiger partial charge is 0.270 e. The third-order valence-corrected chi connectivity index (χ3v) is 8.43. The first kappa shape index (κ1) is 19.9. The van der Waals surface area contributed by atoms with Gasteiger partial charge in [0, 0.05) is 38.6 Å². The van der Waals surface area contributed by atoms with Gasteiger partial charge in [-0.05, 0) is 74.8 Å². The van der Waals surface area contributed by atoms with E-state index in [9.17, 15) is 14.4 Å². The monoisotopic (exact) mass is 434 g/mol. The normalized spacial score (nSPS) is 31.3. The van der Waals surface area contributed by atoms with Gasteiger partial charge in [0.2, 0.25) is 5.91 Å². The molecule has 168 valence electrons. The van der Waals surface area contributed by atoms with Gasteiger partial charge in [-0.2, -0.15) is 0 Å². The third-order valence-electron chi connectivity index (χ3n) is 8.43. The quantitative estimate of drug-likeness (QED) is 0.728. The summed E-state index contributed by atoms with van der Waals surface area (Å²) in [4.78, 5) is 47.6. The molecule has 2 aromatic heterocycles. The van der Waals surface area contributed by atoms with Crippen LogP contribution in [0, 0.1) is 30.1 Å². The molecule has 2 amide bonds. The lowest BCUT2D eigenvalue weighted by atomic mass is 9.49. The van der Waals surface area contributed by atoms with E-state index in [1.54, 1.807) is 17.2 Å². The van der Waals surface area contributed by atoms with Crippen molar-refractivity contribution in [1.29, 1.82) is 0 Å². The fourth-order valence-electron chi connectivity index (χ4n) is 7.32. The molecule has 4 bridgehead atoms. The molecule has 5 aliphatic rings. The summed E-state index contributed by atoms with van der Waals surface area (Å²) in [7, 11) is 0. The Kier molecular flexibility index (Phi) is 4.46. The molecule has 0 unspecified atom stereocenters. The van der Waals surface area contributed by atoms with E-state index in [-0.39, 0.29) is 22.4 Å². The number of nitrogens with zero attached hydrogens (tertiary/aromatic N) is 4. The van der Waals surface area contributed by atoms with Gasteiger partial charge in [-0.3, -0.25) is 18.8 Å². The highest BCUT2D eigenvalue weighted by molar-refractivity contribution is 5.94. The van der Waals surface area contributed by atoms with Gasteiger partial charge < -0.3 is 9.80 Å². The average molecular weight is 435 g/mol. The number of pyridine rings is 1. The molecule has 5 fully saturated rings. The first-order chi connectivity index (χ1) is 15.4. The number of hydrogen-bond acceptors (Lipinski definition) is 4. The first-order valence-electron chi connectivity index (χ1n) is 12.0. The topological polar surface area (TPSA) is 75.0 Å². The molecule has 4 saturated carbocycles. The number of aromatic nitrogens is 2. The van der Waals surface area contributed by atoms with Crippen LogP contribution < -0.4 is 5.56 Å². The SMILES string of the molecule is Cc1ccc2ncc(C(=O)N3CCN(C(=O)C45CC6CC(CC(C6)C4)C5)CC3)c(=O)n2c1. The van der Waals surface area contributed by atoms with E-state index in [0.717, 1.165) is 42.6 Å². The van der Waals surface area contributed by atoms with Crippen LogP contribution in [0.25, 0.3) is 5.65 Å². The molecule has 3 heterocycles. The fraction of sp³-hybridized carbons (Fsp3) is 0.600. The minimum Gasteiger partial charge on any atom is -0.339 e. The molecule has 32 heavy (non-hydrogen) atoms. The second-order valence-electron chi connectivity index (χ2n) is 10.7. The molecule has 0 aromatic carbocycles. The summed E-state index contributed by atoms with van der Waals surface area (Å²) in [5.41, 5.74) is 1.08. The maximum absolute atomic E-state index is 13.6. The Bertz CT molecular complexity index is 1130. The summed E-state index contributed by atoms with van der Waals surface area (Å²) in [5.74, 6) is 2.26. The number of piperazine rings is 1. The van der Waals surface area contributed by atoms with Gasteiger partial charge in [-0.1, -0.05) is 6.07 Å². The maximum atomic E-state index is 13.6. The molecule has 4 aliphatic carbocycles. The van der Waals surface area contributed by atoms with E-state index in [4.69, 9.17) is 0 Å². The first-order valence-corrected chi connectivity index (χ1v) is 12.0. The highest BCUT2D eigenvalue weighted by atomic mass is 16.2.